The number of halogens is 1. The largest absolute Gasteiger partial charge is 0.299 e. The number of hydrogen-bond donors (Lipinski definition) is 0. The van der Waals surface area contributed by atoms with E-state index >= 15 is 0 Å². The minimum atomic E-state index is 0.841. The zero-order valence-electron chi connectivity index (χ0n) is 6.96. The number of likely N-dealkylation sites (tertiary alicyclic amines) is 1. The van der Waals surface area contributed by atoms with Crippen molar-refractivity contribution < 1.29 is 0 Å². The summed E-state index contributed by atoms with van der Waals surface area (Å²) in [5.74, 6) is 0. The quantitative estimate of drug-likeness (QED) is 0.678. The summed E-state index contributed by atoms with van der Waals surface area (Å²) in [5, 5.41) is 0.841. The highest BCUT2D eigenvalue weighted by molar-refractivity contribution is 6.30. The van der Waals surface area contributed by atoms with Crippen molar-refractivity contribution >= 4 is 11.6 Å². The maximum atomic E-state index is 5.87. The molecule has 0 radical (unpaired) electrons. The zero-order valence-corrected chi connectivity index (χ0v) is 7.72. The van der Waals surface area contributed by atoms with Crippen LogP contribution in [0.15, 0.2) is 24.3 Å². The topological polar surface area (TPSA) is 3.24 Å². The predicted molar refractivity (Wildman–Crippen MR) is 51.3 cm³/mol. The Morgan fingerprint density at radius 2 is 2.17 bits per heavy atom. The van der Waals surface area contributed by atoms with Crippen molar-refractivity contribution in [3.63, 3.8) is 0 Å². The van der Waals surface area contributed by atoms with Crippen molar-refractivity contribution in [1.29, 1.82) is 0 Å². The van der Waals surface area contributed by atoms with Crippen LogP contribution in [0.25, 0.3) is 0 Å². The van der Waals surface area contributed by atoms with Crippen molar-refractivity contribution in [3.05, 3.63) is 34.9 Å². The van der Waals surface area contributed by atoms with E-state index in [4.69, 9.17) is 11.6 Å². The van der Waals surface area contributed by atoms with Crippen LogP contribution in [-0.4, -0.2) is 18.0 Å². The highest BCUT2D eigenvalue weighted by atomic mass is 35.5. The summed E-state index contributed by atoms with van der Waals surface area (Å²) in [4.78, 5) is 2.42. The molecular weight excluding hydrogens is 170 g/mol. The Balaban J connectivity index is 2.02. The Bertz CT molecular complexity index is 268. The zero-order chi connectivity index (χ0) is 8.39. The van der Waals surface area contributed by atoms with E-state index in [-0.39, 0.29) is 0 Å². The van der Waals surface area contributed by atoms with Crippen molar-refractivity contribution in [2.75, 3.05) is 13.1 Å². The summed E-state index contributed by atoms with van der Waals surface area (Å²) in [6.07, 6.45) is 1.35. The fourth-order valence-corrected chi connectivity index (χ4v) is 1.65. The van der Waals surface area contributed by atoms with Crippen molar-refractivity contribution in [2.45, 2.75) is 13.0 Å². The molecule has 0 N–H and O–H groups in total. The molecule has 1 aromatic carbocycles. The van der Waals surface area contributed by atoms with Crippen LogP contribution < -0.4 is 0 Å². The molecule has 0 bridgehead atoms. The molecule has 64 valence electrons. The van der Waals surface area contributed by atoms with Gasteiger partial charge in [0.15, 0.2) is 0 Å². The van der Waals surface area contributed by atoms with Crippen LogP contribution >= 0.6 is 11.6 Å². The summed E-state index contributed by atoms with van der Waals surface area (Å²) < 4.78 is 0. The van der Waals surface area contributed by atoms with Gasteiger partial charge in [-0.05, 0) is 37.2 Å². The first kappa shape index (κ1) is 8.09. The molecule has 1 fully saturated rings. The van der Waals surface area contributed by atoms with Gasteiger partial charge in [0.2, 0.25) is 0 Å². The molecule has 1 nitrogen and oxygen atoms in total. The Hall–Kier alpha value is -0.530. The van der Waals surface area contributed by atoms with Crippen molar-refractivity contribution in [2.24, 2.45) is 0 Å². The summed E-state index contributed by atoms with van der Waals surface area (Å²) in [6, 6.07) is 8.10. The number of benzene rings is 1. The van der Waals surface area contributed by atoms with Crippen LogP contribution in [-0.2, 0) is 6.54 Å². The van der Waals surface area contributed by atoms with Gasteiger partial charge in [0.25, 0.3) is 0 Å². The maximum Gasteiger partial charge on any atom is 0.0409 e. The lowest BCUT2D eigenvalue weighted by atomic mass is 10.1. The average molecular weight is 182 g/mol. The van der Waals surface area contributed by atoms with Crippen LogP contribution in [0.1, 0.15) is 12.0 Å². The van der Waals surface area contributed by atoms with Crippen LogP contribution in [0.4, 0.5) is 0 Å². The first-order valence-corrected chi connectivity index (χ1v) is 4.69. The van der Waals surface area contributed by atoms with Crippen molar-refractivity contribution in [3.8, 4) is 0 Å². The van der Waals surface area contributed by atoms with Gasteiger partial charge in [0, 0.05) is 11.6 Å². The predicted octanol–water partition coefficient (Wildman–Crippen LogP) is 2.55. The molecular formula is C10H12ClN. The third-order valence-corrected chi connectivity index (χ3v) is 2.48. The lowest BCUT2D eigenvalue weighted by molar-refractivity contribution is 0.172. The molecule has 1 aliphatic heterocycles. The number of hydrogen-bond acceptors (Lipinski definition) is 1. The Labute approximate surface area is 77.9 Å². The van der Waals surface area contributed by atoms with Crippen LogP contribution in [0.5, 0.6) is 0 Å². The molecule has 1 heterocycles. The van der Waals surface area contributed by atoms with E-state index in [1.807, 2.05) is 18.2 Å². The van der Waals surface area contributed by atoms with E-state index in [1.165, 1.54) is 25.1 Å². The molecule has 0 amide bonds. The first-order valence-electron chi connectivity index (χ1n) is 4.31. The molecule has 0 aromatic heterocycles. The average Bonchev–Trinajstić information content (AvgIpc) is 1.97. The molecule has 12 heavy (non-hydrogen) atoms. The molecule has 0 unspecified atom stereocenters. The molecule has 0 aliphatic carbocycles. The van der Waals surface area contributed by atoms with Gasteiger partial charge in [0.1, 0.15) is 0 Å². The van der Waals surface area contributed by atoms with E-state index < -0.39 is 0 Å². The van der Waals surface area contributed by atoms with Gasteiger partial charge in [-0.2, -0.15) is 0 Å². The normalized spacial score (nSPS) is 17.4. The van der Waals surface area contributed by atoms with Crippen molar-refractivity contribution in [1.82, 2.24) is 4.90 Å². The van der Waals surface area contributed by atoms with Gasteiger partial charge >= 0.3 is 0 Å². The van der Waals surface area contributed by atoms with Gasteiger partial charge in [-0.25, -0.2) is 0 Å². The van der Waals surface area contributed by atoms with Crippen LogP contribution in [0.2, 0.25) is 5.02 Å². The van der Waals surface area contributed by atoms with E-state index in [2.05, 4.69) is 11.0 Å². The first-order chi connectivity index (χ1) is 5.84. The van der Waals surface area contributed by atoms with E-state index in [1.54, 1.807) is 0 Å². The Morgan fingerprint density at radius 3 is 2.75 bits per heavy atom. The van der Waals surface area contributed by atoms with Gasteiger partial charge < -0.3 is 0 Å². The van der Waals surface area contributed by atoms with E-state index in [0.717, 1.165) is 11.6 Å². The smallest absolute Gasteiger partial charge is 0.0409 e. The summed E-state index contributed by atoms with van der Waals surface area (Å²) >= 11 is 5.87. The summed E-state index contributed by atoms with van der Waals surface area (Å²) in [5.41, 5.74) is 1.32. The monoisotopic (exact) mass is 181 g/mol. The van der Waals surface area contributed by atoms with Gasteiger partial charge in [-0.1, -0.05) is 23.7 Å². The molecule has 0 atom stereocenters. The summed E-state index contributed by atoms with van der Waals surface area (Å²) in [6.45, 7) is 3.54. The minimum Gasteiger partial charge on any atom is -0.299 e. The third-order valence-electron chi connectivity index (χ3n) is 2.24. The SMILES string of the molecule is Clc1cccc(CN2CCC2)c1. The van der Waals surface area contributed by atoms with Gasteiger partial charge in [-0.15, -0.1) is 0 Å². The van der Waals surface area contributed by atoms with Gasteiger partial charge in [-0.3, -0.25) is 4.90 Å². The van der Waals surface area contributed by atoms with Gasteiger partial charge in [0.05, 0.1) is 0 Å². The molecule has 1 saturated heterocycles. The van der Waals surface area contributed by atoms with Crippen LogP contribution in [0.3, 0.4) is 0 Å². The second-order valence-electron chi connectivity index (χ2n) is 3.26. The van der Waals surface area contributed by atoms with Crippen LogP contribution in [0, 0.1) is 0 Å². The highest BCUT2D eigenvalue weighted by Crippen LogP contribution is 2.15. The lowest BCUT2D eigenvalue weighted by Crippen LogP contribution is -2.36. The second kappa shape index (κ2) is 3.46. The lowest BCUT2D eigenvalue weighted by Gasteiger charge is -2.30. The molecule has 2 rings (SSSR count). The Morgan fingerprint density at radius 1 is 1.33 bits per heavy atom. The fraction of sp³-hybridized carbons (Fsp3) is 0.400. The molecule has 1 aliphatic rings. The number of rotatable bonds is 2. The molecule has 2 heteroatoms. The van der Waals surface area contributed by atoms with E-state index in [9.17, 15) is 0 Å². The minimum absolute atomic E-state index is 0.841. The van der Waals surface area contributed by atoms with E-state index in [0.29, 0.717) is 0 Å². The molecule has 0 spiro atoms. The fourth-order valence-electron chi connectivity index (χ4n) is 1.43. The molecule has 1 aromatic rings. The standard InChI is InChI=1S/C10H12ClN/c11-10-4-1-3-9(7-10)8-12-5-2-6-12/h1,3-4,7H,2,5-6,8H2. The highest BCUT2D eigenvalue weighted by Gasteiger charge is 2.13. The molecule has 0 saturated carbocycles. The summed E-state index contributed by atoms with van der Waals surface area (Å²) in [7, 11) is 0. The Kier molecular flexibility index (Phi) is 2.33. The number of nitrogens with zero attached hydrogens (tertiary/aromatic N) is 1. The second-order valence-corrected chi connectivity index (χ2v) is 3.70. The maximum absolute atomic E-state index is 5.87. The third kappa shape index (κ3) is 1.79.